The first kappa shape index (κ1) is 18.7. The van der Waals surface area contributed by atoms with E-state index in [1.807, 2.05) is 19.2 Å². The van der Waals surface area contributed by atoms with E-state index in [9.17, 15) is 9.59 Å². The van der Waals surface area contributed by atoms with E-state index < -0.39 is 11.9 Å². The second-order valence-electron chi connectivity index (χ2n) is 5.25. The smallest absolute Gasteiger partial charge is 0.335 e. The Kier molecular flexibility index (Phi) is 6.45. The average Bonchev–Trinajstić information content (AvgIpc) is 2.69. The monoisotopic (exact) mass is 350 g/mol. The zero-order chi connectivity index (χ0) is 18.9. The van der Waals surface area contributed by atoms with Crippen LogP contribution in [0.25, 0.3) is 11.1 Å². The van der Waals surface area contributed by atoms with Gasteiger partial charge in [0.15, 0.2) is 0 Å². The van der Waals surface area contributed by atoms with E-state index in [2.05, 4.69) is 34.6 Å². The number of carboxylic acid groups (broad SMARTS) is 2. The summed E-state index contributed by atoms with van der Waals surface area (Å²) in [6.07, 6.45) is 3.61. The van der Waals surface area contributed by atoms with Gasteiger partial charge >= 0.3 is 11.9 Å². The molecule has 6 nitrogen and oxygen atoms in total. The summed E-state index contributed by atoms with van der Waals surface area (Å²) in [5.74, 6) is -2.25. The molecule has 0 unspecified atom stereocenters. The Morgan fingerprint density at radius 1 is 0.808 bits per heavy atom. The molecule has 6 heteroatoms. The normalized spacial score (nSPS) is 9.58. The van der Waals surface area contributed by atoms with Crippen molar-refractivity contribution in [3.8, 4) is 11.1 Å². The molecule has 0 radical (unpaired) electrons. The van der Waals surface area contributed by atoms with Crippen molar-refractivity contribution in [2.75, 3.05) is 12.4 Å². The maximum Gasteiger partial charge on any atom is 0.335 e. The molecule has 132 valence electrons. The van der Waals surface area contributed by atoms with Crippen LogP contribution in [0.2, 0.25) is 0 Å². The van der Waals surface area contributed by atoms with Gasteiger partial charge in [-0.1, -0.05) is 18.2 Å². The number of rotatable bonds is 4. The molecule has 0 aliphatic rings. The van der Waals surface area contributed by atoms with E-state index in [0.717, 1.165) is 11.8 Å². The van der Waals surface area contributed by atoms with Gasteiger partial charge in [0.2, 0.25) is 0 Å². The second-order valence-corrected chi connectivity index (χ2v) is 5.25. The first-order valence-corrected chi connectivity index (χ1v) is 7.76. The number of aromatic nitrogens is 1. The van der Waals surface area contributed by atoms with E-state index in [4.69, 9.17) is 10.2 Å². The Morgan fingerprint density at radius 3 is 1.77 bits per heavy atom. The Hall–Kier alpha value is -3.67. The highest BCUT2D eigenvalue weighted by Crippen LogP contribution is 2.19. The van der Waals surface area contributed by atoms with Crippen molar-refractivity contribution in [1.29, 1.82) is 0 Å². The molecule has 1 heterocycles. The molecule has 0 saturated heterocycles. The Balaban J connectivity index is 0.000000190. The van der Waals surface area contributed by atoms with Crippen LogP contribution in [0.3, 0.4) is 0 Å². The quantitative estimate of drug-likeness (QED) is 0.660. The summed E-state index contributed by atoms with van der Waals surface area (Å²) in [6, 6.07) is 17.5. The second kappa shape index (κ2) is 8.98. The summed E-state index contributed by atoms with van der Waals surface area (Å²) in [4.78, 5) is 24.8. The Morgan fingerprint density at radius 2 is 1.31 bits per heavy atom. The number of pyridine rings is 1. The highest BCUT2D eigenvalue weighted by molar-refractivity contribution is 5.93. The lowest BCUT2D eigenvalue weighted by molar-refractivity contribution is 0.0696. The van der Waals surface area contributed by atoms with Crippen LogP contribution < -0.4 is 5.32 Å². The van der Waals surface area contributed by atoms with Crippen molar-refractivity contribution in [1.82, 2.24) is 4.98 Å². The number of hydrogen-bond acceptors (Lipinski definition) is 4. The topological polar surface area (TPSA) is 99.5 Å². The van der Waals surface area contributed by atoms with Crippen molar-refractivity contribution >= 4 is 17.6 Å². The van der Waals surface area contributed by atoms with Crippen molar-refractivity contribution < 1.29 is 19.8 Å². The maximum atomic E-state index is 10.4. The third kappa shape index (κ3) is 5.17. The van der Waals surface area contributed by atoms with Crippen LogP contribution in [-0.2, 0) is 0 Å². The largest absolute Gasteiger partial charge is 0.478 e. The van der Waals surface area contributed by atoms with Crippen molar-refractivity contribution in [3.05, 3.63) is 84.2 Å². The number of aromatic carboxylic acids is 2. The van der Waals surface area contributed by atoms with E-state index in [1.54, 1.807) is 12.4 Å². The molecule has 2 aromatic carbocycles. The van der Waals surface area contributed by atoms with Gasteiger partial charge in [0, 0.05) is 25.1 Å². The highest BCUT2D eigenvalue weighted by atomic mass is 16.4. The van der Waals surface area contributed by atoms with E-state index in [0.29, 0.717) is 0 Å². The Bertz CT molecular complexity index is 849. The molecule has 1 aromatic heterocycles. The third-order valence-corrected chi connectivity index (χ3v) is 3.54. The number of anilines is 1. The van der Waals surface area contributed by atoms with Crippen molar-refractivity contribution in [2.45, 2.75) is 0 Å². The molecule has 3 aromatic rings. The molecule has 0 aliphatic carbocycles. The molecule has 3 N–H and O–H groups in total. The number of hydrogen-bond donors (Lipinski definition) is 3. The minimum atomic E-state index is -1.13. The SMILES string of the molecule is CNc1ccc(-c2ccncc2)cc1.O=C(O)c1cccc(C(=O)O)c1. The molecule has 0 saturated carbocycles. The molecule has 26 heavy (non-hydrogen) atoms. The molecule has 3 rings (SSSR count). The first-order chi connectivity index (χ1) is 12.5. The standard InChI is InChI=1S/C12H12N2.C8H6O4/c1-13-12-4-2-10(3-5-12)11-6-8-14-9-7-11;9-7(10)5-2-1-3-6(4-5)8(11)12/h2-9,13H,1H3;1-4H,(H,9,10)(H,11,12). The van der Waals surface area contributed by atoms with Gasteiger partial charge in [0.25, 0.3) is 0 Å². The van der Waals surface area contributed by atoms with Gasteiger partial charge in [-0.3, -0.25) is 4.98 Å². The molecule has 0 aliphatic heterocycles. The fourth-order valence-corrected chi connectivity index (χ4v) is 2.16. The van der Waals surface area contributed by atoms with Crippen LogP contribution in [0.5, 0.6) is 0 Å². The zero-order valence-corrected chi connectivity index (χ0v) is 14.1. The zero-order valence-electron chi connectivity index (χ0n) is 14.1. The minimum Gasteiger partial charge on any atom is -0.478 e. The van der Waals surface area contributed by atoms with Crippen LogP contribution in [0.1, 0.15) is 20.7 Å². The summed E-state index contributed by atoms with van der Waals surface area (Å²) < 4.78 is 0. The number of benzene rings is 2. The fourth-order valence-electron chi connectivity index (χ4n) is 2.16. The lowest BCUT2D eigenvalue weighted by Gasteiger charge is -2.03. The van der Waals surface area contributed by atoms with Gasteiger partial charge in [0.1, 0.15) is 0 Å². The molecular formula is C20H18N2O4. The molecular weight excluding hydrogens is 332 g/mol. The summed E-state index contributed by atoms with van der Waals surface area (Å²) in [7, 11) is 1.92. The van der Waals surface area contributed by atoms with Gasteiger partial charge in [-0.2, -0.15) is 0 Å². The van der Waals surface area contributed by atoms with Crippen LogP contribution in [0.15, 0.2) is 73.1 Å². The van der Waals surface area contributed by atoms with Crippen LogP contribution in [0, 0.1) is 0 Å². The summed E-state index contributed by atoms with van der Waals surface area (Å²) >= 11 is 0. The van der Waals surface area contributed by atoms with Crippen molar-refractivity contribution in [2.24, 2.45) is 0 Å². The molecule has 0 bridgehead atoms. The molecule has 0 amide bonds. The lowest BCUT2D eigenvalue weighted by Crippen LogP contribution is -2.01. The highest BCUT2D eigenvalue weighted by Gasteiger charge is 2.06. The van der Waals surface area contributed by atoms with Crippen LogP contribution in [0.4, 0.5) is 5.69 Å². The van der Waals surface area contributed by atoms with Crippen molar-refractivity contribution in [3.63, 3.8) is 0 Å². The number of carboxylic acids is 2. The predicted molar refractivity (Wildman–Crippen MR) is 99.6 cm³/mol. The van der Waals surface area contributed by atoms with Gasteiger partial charge in [-0.05, 0) is 53.6 Å². The van der Waals surface area contributed by atoms with Gasteiger partial charge < -0.3 is 15.5 Å². The van der Waals surface area contributed by atoms with Gasteiger partial charge in [-0.15, -0.1) is 0 Å². The first-order valence-electron chi connectivity index (χ1n) is 7.76. The van der Waals surface area contributed by atoms with Gasteiger partial charge in [-0.25, -0.2) is 9.59 Å². The number of carbonyl (C=O) groups is 2. The van der Waals surface area contributed by atoms with Gasteiger partial charge in [0.05, 0.1) is 11.1 Å². The van der Waals surface area contributed by atoms with Crippen LogP contribution >= 0.6 is 0 Å². The lowest BCUT2D eigenvalue weighted by atomic mass is 10.1. The summed E-state index contributed by atoms with van der Waals surface area (Å²) in [5, 5.41) is 20.1. The van der Waals surface area contributed by atoms with E-state index >= 15 is 0 Å². The molecule has 0 fully saturated rings. The fraction of sp³-hybridized carbons (Fsp3) is 0.0500. The molecule has 0 spiro atoms. The van der Waals surface area contributed by atoms with E-state index in [-0.39, 0.29) is 11.1 Å². The maximum absolute atomic E-state index is 10.4. The Labute approximate surface area is 150 Å². The predicted octanol–water partition coefficient (Wildman–Crippen LogP) is 3.87. The third-order valence-electron chi connectivity index (χ3n) is 3.54. The summed E-state index contributed by atoms with van der Waals surface area (Å²) in [5.41, 5.74) is 3.50. The summed E-state index contributed by atoms with van der Waals surface area (Å²) in [6.45, 7) is 0. The van der Waals surface area contributed by atoms with E-state index in [1.165, 1.54) is 29.3 Å². The average molecular weight is 350 g/mol. The molecule has 0 atom stereocenters. The number of nitrogens with one attached hydrogen (secondary N) is 1. The minimum absolute atomic E-state index is 0.0186. The number of nitrogens with zero attached hydrogens (tertiary/aromatic N) is 1. The van der Waals surface area contributed by atoms with Crippen LogP contribution in [-0.4, -0.2) is 34.2 Å².